The molecule has 0 saturated heterocycles. The van der Waals surface area contributed by atoms with E-state index in [1.807, 2.05) is 30.3 Å². The van der Waals surface area contributed by atoms with Gasteiger partial charge in [0.05, 0.1) is 6.61 Å². The van der Waals surface area contributed by atoms with Crippen LogP contribution in [0.3, 0.4) is 0 Å². The molecule has 1 aliphatic carbocycles. The Balaban J connectivity index is 1.71. The molecule has 2 atom stereocenters. The third kappa shape index (κ3) is 3.74. The zero-order valence-corrected chi connectivity index (χ0v) is 10.7. The minimum Gasteiger partial charge on any atom is -0.494 e. The van der Waals surface area contributed by atoms with Crippen LogP contribution >= 0.6 is 0 Å². The summed E-state index contributed by atoms with van der Waals surface area (Å²) >= 11 is 0. The van der Waals surface area contributed by atoms with Gasteiger partial charge < -0.3 is 10.1 Å². The molecule has 17 heavy (non-hydrogen) atoms. The molecular weight excluding hydrogens is 210 g/mol. The monoisotopic (exact) mass is 233 g/mol. The van der Waals surface area contributed by atoms with Crippen LogP contribution in [0.5, 0.6) is 5.75 Å². The fourth-order valence-corrected chi connectivity index (χ4v) is 2.76. The van der Waals surface area contributed by atoms with E-state index in [2.05, 4.69) is 12.2 Å². The standard InChI is InChI=1S/C15H23NO/c1-2-16-15-10-6-7-13(15)11-12-17-14-8-4-3-5-9-14/h3-5,8-9,13,15-16H,2,6-7,10-12H2,1H3. The second-order valence-electron chi connectivity index (χ2n) is 4.81. The maximum absolute atomic E-state index is 5.77. The van der Waals surface area contributed by atoms with E-state index in [-0.39, 0.29) is 0 Å². The Bertz CT molecular complexity index is 312. The molecule has 0 bridgehead atoms. The van der Waals surface area contributed by atoms with Gasteiger partial charge in [0.2, 0.25) is 0 Å². The van der Waals surface area contributed by atoms with Gasteiger partial charge in [0.1, 0.15) is 5.75 Å². The molecule has 1 fully saturated rings. The van der Waals surface area contributed by atoms with Crippen molar-refractivity contribution < 1.29 is 4.74 Å². The second-order valence-corrected chi connectivity index (χ2v) is 4.81. The number of nitrogens with one attached hydrogen (secondary N) is 1. The molecule has 94 valence electrons. The lowest BCUT2D eigenvalue weighted by Gasteiger charge is -2.20. The highest BCUT2D eigenvalue weighted by molar-refractivity contribution is 5.20. The Hall–Kier alpha value is -1.02. The third-order valence-corrected chi connectivity index (χ3v) is 3.63. The first-order valence-electron chi connectivity index (χ1n) is 6.81. The first kappa shape index (κ1) is 12.4. The Morgan fingerprint density at radius 1 is 1.24 bits per heavy atom. The molecule has 2 nitrogen and oxygen atoms in total. The van der Waals surface area contributed by atoms with Crippen LogP contribution in [0.15, 0.2) is 30.3 Å². The molecule has 1 N–H and O–H groups in total. The van der Waals surface area contributed by atoms with Gasteiger partial charge in [-0.05, 0) is 43.9 Å². The van der Waals surface area contributed by atoms with Crippen molar-refractivity contribution in [2.45, 2.75) is 38.6 Å². The van der Waals surface area contributed by atoms with Crippen LogP contribution < -0.4 is 10.1 Å². The molecule has 0 radical (unpaired) electrons. The number of hydrogen-bond donors (Lipinski definition) is 1. The van der Waals surface area contributed by atoms with E-state index in [0.717, 1.165) is 30.9 Å². The predicted octanol–water partition coefficient (Wildman–Crippen LogP) is 3.23. The van der Waals surface area contributed by atoms with Gasteiger partial charge in [-0.25, -0.2) is 0 Å². The van der Waals surface area contributed by atoms with Gasteiger partial charge in [0.15, 0.2) is 0 Å². The summed E-state index contributed by atoms with van der Waals surface area (Å²) in [4.78, 5) is 0. The van der Waals surface area contributed by atoms with E-state index in [0.29, 0.717) is 0 Å². The summed E-state index contributed by atoms with van der Waals surface area (Å²) in [6, 6.07) is 10.8. The first-order valence-corrected chi connectivity index (χ1v) is 6.81. The molecule has 2 heteroatoms. The van der Waals surface area contributed by atoms with Crippen molar-refractivity contribution in [3.8, 4) is 5.75 Å². The normalized spacial score (nSPS) is 23.8. The first-order chi connectivity index (χ1) is 8.40. The maximum Gasteiger partial charge on any atom is 0.119 e. The average molecular weight is 233 g/mol. The minimum atomic E-state index is 0.722. The van der Waals surface area contributed by atoms with Gasteiger partial charge >= 0.3 is 0 Å². The van der Waals surface area contributed by atoms with E-state index in [1.165, 1.54) is 25.7 Å². The number of ether oxygens (including phenoxy) is 1. The maximum atomic E-state index is 5.77. The molecule has 0 heterocycles. The van der Waals surface area contributed by atoms with Crippen molar-refractivity contribution in [2.75, 3.05) is 13.2 Å². The summed E-state index contributed by atoms with van der Waals surface area (Å²) in [5.74, 6) is 1.80. The molecular formula is C15H23NO. The summed E-state index contributed by atoms with van der Waals surface area (Å²) in [6.07, 6.45) is 5.24. The van der Waals surface area contributed by atoms with Crippen LogP contribution in [0.25, 0.3) is 0 Å². The summed E-state index contributed by atoms with van der Waals surface area (Å²) in [7, 11) is 0. The molecule has 2 rings (SSSR count). The van der Waals surface area contributed by atoms with E-state index in [9.17, 15) is 0 Å². The largest absolute Gasteiger partial charge is 0.494 e. The van der Waals surface area contributed by atoms with Crippen molar-refractivity contribution in [1.82, 2.24) is 5.32 Å². The predicted molar refractivity (Wildman–Crippen MR) is 71.4 cm³/mol. The topological polar surface area (TPSA) is 21.3 Å². The van der Waals surface area contributed by atoms with E-state index < -0.39 is 0 Å². The van der Waals surface area contributed by atoms with Gasteiger partial charge in [0, 0.05) is 6.04 Å². The Labute approximate surface area is 104 Å². The fourth-order valence-electron chi connectivity index (χ4n) is 2.76. The Morgan fingerprint density at radius 2 is 2.06 bits per heavy atom. The third-order valence-electron chi connectivity index (χ3n) is 3.63. The molecule has 1 aromatic rings. The lowest BCUT2D eigenvalue weighted by atomic mass is 10.00. The minimum absolute atomic E-state index is 0.722. The molecule has 0 aromatic heterocycles. The zero-order chi connectivity index (χ0) is 11.9. The summed E-state index contributed by atoms with van der Waals surface area (Å²) in [5.41, 5.74) is 0. The molecule has 0 amide bonds. The highest BCUT2D eigenvalue weighted by Gasteiger charge is 2.25. The highest BCUT2D eigenvalue weighted by atomic mass is 16.5. The summed E-state index contributed by atoms with van der Waals surface area (Å²) in [6.45, 7) is 4.12. The van der Waals surface area contributed by atoms with Crippen molar-refractivity contribution in [3.63, 3.8) is 0 Å². The lowest BCUT2D eigenvalue weighted by Crippen LogP contribution is -2.32. The Kier molecular flexibility index (Phi) is 4.87. The van der Waals surface area contributed by atoms with Crippen LogP contribution in [0.1, 0.15) is 32.6 Å². The second kappa shape index (κ2) is 6.65. The Morgan fingerprint density at radius 3 is 2.82 bits per heavy atom. The van der Waals surface area contributed by atoms with Crippen molar-refractivity contribution in [2.24, 2.45) is 5.92 Å². The molecule has 1 saturated carbocycles. The highest BCUT2D eigenvalue weighted by Crippen LogP contribution is 2.28. The van der Waals surface area contributed by atoms with Gasteiger partial charge in [0.25, 0.3) is 0 Å². The SMILES string of the molecule is CCNC1CCCC1CCOc1ccccc1. The van der Waals surface area contributed by atoms with Crippen molar-refractivity contribution >= 4 is 0 Å². The molecule has 0 spiro atoms. The van der Waals surface area contributed by atoms with Crippen LogP contribution in [0.4, 0.5) is 0 Å². The van der Waals surface area contributed by atoms with Crippen molar-refractivity contribution in [3.05, 3.63) is 30.3 Å². The van der Waals surface area contributed by atoms with Crippen LogP contribution in [0, 0.1) is 5.92 Å². The van der Waals surface area contributed by atoms with Crippen LogP contribution in [0.2, 0.25) is 0 Å². The zero-order valence-electron chi connectivity index (χ0n) is 10.7. The number of rotatable bonds is 6. The summed E-state index contributed by atoms with van der Waals surface area (Å²) < 4.78 is 5.77. The number of hydrogen-bond acceptors (Lipinski definition) is 2. The smallest absolute Gasteiger partial charge is 0.119 e. The molecule has 1 aliphatic rings. The van der Waals surface area contributed by atoms with Crippen molar-refractivity contribution in [1.29, 1.82) is 0 Å². The molecule has 0 aliphatic heterocycles. The van der Waals surface area contributed by atoms with Gasteiger partial charge in [-0.2, -0.15) is 0 Å². The fraction of sp³-hybridized carbons (Fsp3) is 0.600. The summed E-state index contributed by atoms with van der Waals surface area (Å²) in [5, 5.41) is 3.59. The average Bonchev–Trinajstić information content (AvgIpc) is 2.79. The van der Waals surface area contributed by atoms with Crippen LogP contribution in [-0.2, 0) is 0 Å². The number of para-hydroxylation sites is 1. The van der Waals surface area contributed by atoms with Gasteiger partial charge in [-0.1, -0.05) is 31.5 Å². The molecule has 2 unspecified atom stereocenters. The van der Waals surface area contributed by atoms with E-state index in [4.69, 9.17) is 4.74 Å². The van der Waals surface area contributed by atoms with Crippen LogP contribution in [-0.4, -0.2) is 19.2 Å². The van der Waals surface area contributed by atoms with E-state index >= 15 is 0 Å². The quantitative estimate of drug-likeness (QED) is 0.814. The number of benzene rings is 1. The van der Waals surface area contributed by atoms with E-state index in [1.54, 1.807) is 0 Å². The van der Waals surface area contributed by atoms with Gasteiger partial charge in [-0.3, -0.25) is 0 Å². The molecule has 1 aromatic carbocycles. The van der Waals surface area contributed by atoms with Gasteiger partial charge in [-0.15, -0.1) is 0 Å². The lowest BCUT2D eigenvalue weighted by molar-refractivity contribution is 0.261.